The van der Waals surface area contributed by atoms with E-state index in [0.717, 1.165) is 48.7 Å². The zero-order valence-electron chi connectivity index (χ0n) is 44.9. The molecule has 6 aromatic rings. The Morgan fingerprint density at radius 2 is 1.56 bits per heavy atom. The largest absolute Gasteiger partial charge is 0.524 e. The maximum Gasteiger partial charge on any atom is 0.524 e. The summed E-state index contributed by atoms with van der Waals surface area (Å²) in [5.74, 6) is -10.1. The van der Waals surface area contributed by atoms with Gasteiger partial charge in [0.15, 0.2) is 21.3 Å². The predicted octanol–water partition coefficient (Wildman–Crippen LogP) is 9.05. The lowest BCUT2D eigenvalue weighted by molar-refractivity contribution is -0.143. The zero-order chi connectivity index (χ0) is 63.3. The molecule has 1 saturated carbocycles. The van der Waals surface area contributed by atoms with E-state index in [1.54, 1.807) is 0 Å². The molecular weight excluding hydrogens is 1240 g/mol. The highest BCUT2D eigenvalue weighted by Gasteiger charge is 2.68. The SMILES string of the molecule is CC(C)(CC(=O)N(c1nn(CC(F)(F)F)c2c(-c3ccc(C#CC(C)(C)S(C)(=O)=O)nc3[C@H](Cc3cc(F)cc(F)c3)NC(=O)Cn3nc(C(F)(F)F)c4c3C(F)(F)[C@@H]3C[C@H]43)ccc(Cl)c12)S(C)(=O)=O)c1c(CC(=O)O)cccc1OP(=O)(O)O. The molecule has 3 aromatic heterocycles. The van der Waals surface area contributed by atoms with Crippen LogP contribution < -0.4 is 14.1 Å². The Morgan fingerprint density at radius 1 is 0.929 bits per heavy atom. The van der Waals surface area contributed by atoms with Gasteiger partial charge in [0, 0.05) is 52.3 Å². The summed E-state index contributed by atoms with van der Waals surface area (Å²) in [6.45, 7) is 1.39. The fourth-order valence-corrected chi connectivity index (χ4v) is 12.0. The van der Waals surface area contributed by atoms with Crippen LogP contribution in [-0.4, -0.2) is 97.5 Å². The van der Waals surface area contributed by atoms with Gasteiger partial charge in [-0.2, -0.15) is 49.6 Å². The first-order valence-electron chi connectivity index (χ1n) is 24.8. The highest BCUT2D eigenvalue weighted by molar-refractivity contribution is 7.93. The number of hydrogen-bond acceptors (Lipinski definition) is 12. The molecule has 3 heterocycles. The van der Waals surface area contributed by atoms with Gasteiger partial charge >= 0.3 is 26.1 Å². The number of phosphoric acid groups is 1. The first kappa shape index (κ1) is 63.9. The number of sulfonamides is 1. The second kappa shape index (κ2) is 22.0. The number of aliphatic carboxylic acids is 1. The number of anilines is 1. The van der Waals surface area contributed by atoms with E-state index in [-0.39, 0.29) is 42.5 Å². The molecule has 85 heavy (non-hydrogen) atoms. The molecule has 4 N–H and O–H groups in total. The normalized spacial score (nSPS) is 16.5. The van der Waals surface area contributed by atoms with Crippen LogP contribution in [0.25, 0.3) is 22.0 Å². The Balaban J connectivity index is 1.36. The van der Waals surface area contributed by atoms with Crippen molar-refractivity contribution in [3.8, 4) is 28.7 Å². The van der Waals surface area contributed by atoms with Gasteiger partial charge in [-0.3, -0.25) is 33.5 Å². The summed E-state index contributed by atoms with van der Waals surface area (Å²) in [6.07, 6.45) is -12.2. The second-order valence-corrected chi connectivity index (χ2v) is 27.4. The molecule has 33 heteroatoms. The number of fused-ring (bicyclic) bond motifs is 4. The molecule has 456 valence electrons. The number of sulfone groups is 1. The van der Waals surface area contributed by atoms with Crippen molar-refractivity contribution in [2.45, 2.75) is 107 Å². The predicted molar refractivity (Wildman–Crippen MR) is 283 cm³/mol. The fourth-order valence-electron chi connectivity index (χ4n) is 10.3. The number of alkyl halides is 8. The van der Waals surface area contributed by atoms with E-state index in [1.807, 2.05) is 0 Å². The summed E-state index contributed by atoms with van der Waals surface area (Å²) in [5.41, 5.74) is -8.91. The lowest BCUT2D eigenvalue weighted by Crippen LogP contribution is -2.40. The Bertz CT molecular complexity index is 4100. The molecule has 2 aliphatic carbocycles. The fraction of sp³-hybridized carbons (Fsp3) is 0.385. The topological polar surface area (TPSA) is 270 Å². The van der Waals surface area contributed by atoms with Crippen LogP contribution in [0.4, 0.5) is 49.7 Å². The molecule has 0 unspecified atom stereocenters. The first-order chi connectivity index (χ1) is 38.9. The molecule has 2 aliphatic rings. The Hall–Kier alpha value is -7.10. The number of aromatic nitrogens is 5. The molecule has 0 saturated heterocycles. The molecule has 1 fully saturated rings. The van der Waals surface area contributed by atoms with Crippen LogP contribution in [0.5, 0.6) is 5.75 Å². The van der Waals surface area contributed by atoms with Gasteiger partial charge < -0.3 is 14.9 Å². The van der Waals surface area contributed by atoms with Crippen LogP contribution in [0.15, 0.2) is 60.7 Å². The minimum atomic E-state index is -5.43. The summed E-state index contributed by atoms with van der Waals surface area (Å²) >= 11 is 6.76. The van der Waals surface area contributed by atoms with Gasteiger partial charge in [-0.25, -0.2) is 35.2 Å². The van der Waals surface area contributed by atoms with E-state index < -0.39 is 197 Å². The molecule has 2 amide bonds. The Morgan fingerprint density at radius 3 is 2.14 bits per heavy atom. The van der Waals surface area contributed by atoms with Crippen molar-refractivity contribution in [2.75, 3.05) is 16.8 Å². The minimum Gasteiger partial charge on any atom is -0.481 e. The number of halogens is 11. The van der Waals surface area contributed by atoms with E-state index in [9.17, 15) is 85.8 Å². The van der Waals surface area contributed by atoms with E-state index >= 15 is 8.78 Å². The summed E-state index contributed by atoms with van der Waals surface area (Å²) in [7, 11) is -14.5. The van der Waals surface area contributed by atoms with Gasteiger partial charge in [0.2, 0.25) is 21.8 Å². The molecule has 19 nitrogen and oxygen atoms in total. The van der Waals surface area contributed by atoms with E-state index in [1.165, 1.54) is 39.8 Å². The van der Waals surface area contributed by atoms with Gasteiger partial charge in [0.1, 0.15) is 46.6 Å². The van der Waals surface area contributed by atoms with E-state index in [0.29, 0.717) is 12.3 Å². The number of nitrogens with one attached hydrogen (secondary N) is 1. The van der Waals surface area contributed by atoms with Crippen molar-refractivity contribution < 1.29 is 99.1 Å². The monoisotopic (exact) mass is 1280 g/mol. The molecule has 0 spiro atoms. The number of carbonyl (C=O) groups is 3. The van der Waals surface area contributed by atoms with Crippen molar-refractivity contribution in [3.63, 3.8) is 0 Å². The van der Waals surface area contributed by atoms with E-state index in [2.05, 4.69) is 32.3 Å². The van der Waals surface area contributed by atoms with Crippen molar-refractivity contribution in [1.29, 1.82) is 0 Å². The average Bonchev–Trinajstić information content (AvgIpc) is 1.53. The van der Waals surface area contributed by atoms with Crippen LogP contribution in [-0.2, 0) is 82.3 Å². The van der Waals surface area contributed by atoms with Crippen LogP contribution in [0.2, 0.25) is 5.02 Å². The summed E-state index contributed by atoms with van der Waals surface area (Å²) in [6, 6.07) is 7.70. The molecule has 3 atom stereocenters. The van der Waals surface area contributed by atoms with Gasteiger partial charge in [0.05, 0.1) is 40.3 Å². The van der Waals surface area contributed by atoms with Crippen molar-refractivity contribution in [3.05, 3.63) is 122 Å². The average molecular weight is 1280 g/mol. The molecule has 8 rings (SSSR count). The van der Waals surface area contributed by atoms with Crippen molar-refractivity contribution in [1.82, 2.24) is 29.9 Å². The Kier molecular flexibility index (Phi) is 16.5. The van der Waals surface area contributed by atoms with Gasteiger partial charge in [-0.1, -0.05) is 49.6 Å². The molecule has 0 aliphatic heterocycles. The summed E-state index contributed by atoms with van der Waals surface area (Å²) in [4.78, 5) is 65.1. The highest BCUT2D eigenvalue weighted by Crippen LogP contribution is 2.68. The van der Waals surface area contributed by atoms with Crippen LogP contribution in [0.3, 0.4) is 0 Å². The lowest BCUT2D eigenvalue weighted by atomic mass is 9.77. The van der Waals surface area contributed by atoms with Gasteiger partial charge in [-0.15, -0.1) is 0 Å². The number of carboxylic acids is 1. The first-order valence-corrected chi connectivity index (χ1v) is 30.5. The molecule has 0 radical (unpaired) electrons. The third kappa shape index (κ3) is 13.5. The zero-order valence-corrected chi connectivity index (χ0v) is 48.2. The number of carboxylic acid groups (broad SMARTS) is 1. The summed E-state index contributed by atoms with van der Waals surface area (Å²) in [5, 5.41) is 18.2. The number of rotatable bonds is 18. The number of nitrogens with zero attached hydrogens (tertiary/aromatic N) is 6. The molecular formula is C52H47ClF10N7O12PS2. The third-order valence-electron chi connectivity index (χ3n) is 14.0. The number of amides is 2. The number of carbonyl (C=O) groups excluding carboxylic acids is 2. The standard InChI is InChI=1S/C52H47ClF10N7O12PS2/c1-48(2,42-26(19-39(73)74)8-7-9-36(42)82-83(75,76)77)22-38(72)70(85(6,80)81)47-41-34(53)13-12-31(44(41)69(67-47)24-50(56,57)58)30-11-10-29(14-15-49(3,4)84(5,78)79)64-43(30)35(18-25-16-27(54)20-28(55)17-25)65-37(71)23-68-46-40(45(66-68)52(61,62)63)32-21-33(32)51(46,59)60/h7-13,16-17,20,32-33,35H,18-19,21-24H2,1-6H3,(H,65,71)(H,73,74)(H2,75,76,77)/t32-,33+,35-/m0/s1. The highest BCUT2D eigenvalue weighted by atomic mass is 35.5. The van der Waals surface area contributed by atoms with E-state index in [4.69, 9.17) is 16.1 Å². The summed E-state index contributed by atoms with van der Waals surface area (Å²) < 4.78 is 218. The van der Waals surface area contributed by atoms with Gasteiger partial charge in [0.25, 0.3) is 5.92 Å². The van der Waals surface area contributed by atoms with Gasteiger partial charge in [-0.05, 0) is 86.1 Å². The lowest BCUT2D eigenvalue weighted by Gasteiger charge is -2.31. The minimum absolute atomic E-state index is 0.0327. The maximum atomic E-state index is 15.7. The van der Waals surface area contributed by atoms with Crippen molar-refractivity contribution >= 4 is 73.8 Å². The number of hydrogen-bond donors (Lipinski definition) is 4. The third-order valence-corrected chi connectivity index (χ3v) is 17.7. The van der Waals surface area contributed by atoms with Crippen LogP contribution >= 0.6 is 19.4 Å². The molecule has 0 bridgehead atoms. The maximum absolute atomic E-state index is 15.7. The smallest absolute Gasteiger partial charge is 0.481 e. The second-order valence-electron chi connectivity index (χ2n) is 21.4. The quantitative estimate of drug-likeness (QED) is 0.0355. The number of pyridine rings is 1. The Labute approximate surface area is 481 Å². The van der Waals surface area contributed by atoms with Crippen molar-refractivity contribution in [2.24, 2.45) is 5.92 Å². The van der Waals surface area contributed by atoms with Crippen LogP contribution in [0, 0.1) is 29.4 Å². The molecule has 3 aromatic carbocycles. The number of phosphoric ester groups is 1. The number of benzene rings is 3. The van der Waals surface area contributed by atoms with Crippen LogP contribution in [0.1, 0.15) is 97.5 Å².